The third-order valence-corrected chi connectivity index (χ3v) is 4.35. The molecule has 20 heavy (non-hydrogen) atoms. The number of hydrogen-bond acceptors (Lipinski definition) is 3. The molecule has 0 saturated heterocycles. The zero-order valence-corrected chi connectivity index (χ0v) is 12.5. The zero-order valence-electron chi connectivity index (χ0n) is 11.7. The van der Waals surface area contributed by atoms with E-state index in [1.165, 1.54) is 11.8 Å². The number of sulfone groups is 1. The summed E-state index contributed by atoms with van der Waals surface area (Å²) in [5.74, 6) is 0.359. The SMILES string of the molecule is CC(CNc1cccc(S(C)(=O)=O)c1)c1ccccc1. The second-order valence-corrected chi connectivity index (χ2v) is 7.01. The Morgan fingerprint density at radius 1 is 1.05 bits per heavy atom. The fraction of sp³-hybridized carbons (Fsp3) is 0.250. The van der Waals surface area contributed by atoms with Crippen molar-refractivity contribution in [2.45, 2.75) is 17.7 Å². The summed E-state index contributed by atoms with van der Waals surface area (Å²) < 4.78 is 23.0. The van der Waals surface area contributed by atoms with Crippen LogP contribution in [0.1, 0.15) is 18.4 Å². The highest BCUT2D eigenvalue weighted by Gasteiger charge is 2.08. The number of anilines is 1. The van der Waals surface area contributed by atoms with E-state index >= 15 is 0 Å². The predicted molar refractivity (Wildman–Crippen MR) is 82.9 cm³/mol. The molecule has 2 rings (SSSR count). The minimum atomic E-state index is -3.16. The van der Waals surface area contributed by atoms with Gasteiger partial charge < -0.3 is 5.32 Å². The molecule has 4 heteroatoms. The Bertz CT molecular complexity index is 666. The van der Waals surface area contributed by atoms with Gasteiger partial charge >= 0.3 is 0 Å². The predicted octanol–water partition coefficient (Wildman–Crippen LogP) is 3.31. The van der Waals surface area contributed by atoms with Gasteiger partial charge in [0.2, 0.25) is 0 Å². The van der Waals surface area contributed by atoms with E-state index in [0.29, 0.717) is 10.8 Å². The van der Waals surface area contributed by atoms with E-state index in [9.17, 15) is 8.42 Å². The maximum absolute atomic E-state index is 11.5. The molecule has 2 aromatic rings. The van der Waals surface area contributed by atoms with Crippen LogP contribution in [0, 0.1) is 0 Å². The van der Waals surface area contributed by atoms with Gasteiger partial charge in [0.05, 0.1) is 4.90 Å². The van der Waals surface area contributed by atoms with E-state index < -0.39 is 9.84 Å². The van der Waals surface area contributed by atoms with Gasteiger partial charge in [-0.1, -0.05) is 43.3 Å². The van der Waals surface area contributed by atoms with Gasteiger partial charge in [-0.25, -0.2) is 8.42 Å². The average molecular weight is 289 g/mol. The second kappa shape index (κ2) is 6.09. The van der Waals surface area contributed by atoms with E-state index in [1.54, 1.807) is 18.2 Å². The van der Waals surface area contributed by atoms with Gasteiger partial charge in [0, 0.05) is 18.5 Å². The molecule has 0 radical (unpaired) electrons. The van der Waals surface area contributed by atoms with Crippen molar-refractivity contribution in [1.82, 2.24) is 0 Å². The minimum Gasteiger partial charge on any atom is -0.384 e. The first-order valence-electron chi connectivity index (χ1n) is 6.56. The van der Waals surface area contributed by atoms with Crippen LogP contribution in [0.3, 0.4) is 0 Å². The van der Waals surface area contributed by atoms with Crippen molar-refractivity contribution in [2.75, 3.05) is 18.1 Å². The van der Waals surface area contributed by atoms with Crippen molar-refractivity contribution in [3.8, 4) is 0 Å². The molecular formula is C16H19NO2S. The molecule has 1 N–H and O–H groups in total. The first-order valence-corrected chi connectivity index (χ1v) is 8.45. The number of rotatable bonds is 5. The van der Waals surface area contributed by atoms with Crippen molar-refractivity contribution in [2.24, 2.45) is 0 Å². The maximum atomic E-state index is 11.5. The van der Waals surface area contributed by atoms with Crippen LogP contribution in [0.5, 0.6) is 0 Å². The molecule has 2 aromatic carbocycles. The van der Waals surface area contributed by atoms with Gasteiger partial charge in [-0.2, -0.15) is 0 Å². The molecule has 1 atom stereocenters. The van der Waals surface area contributed by atoms with E-state index in [4.69, 9.17) is 0 Å². The van der Waals surface area contributed by atoms with Crippen molar-refractivity contribution in [3.05, 3.63) is 60.2 Å². The Labute approximate surface area is 120 Å². The monoisotopic (exact) mass is 289 g/mol. The minimum absolute atomic E-state index is 0.342. The molecule has 0 amide bonds. The summed E-state index contributed by atoms with van der Waals surface area (Å²) in [4.78, 5) is 0.342. The molecule has 0 aliphatic rings. The quantitative estimate of drug-likeness (QED) is 0.918. The Kier molecular flexibility index (Phi) is 4.45. The van der Waals surface area contributed by atoms with E-state index in [0.717, 1.165) is 12.2 Å². The molecule has 0 heterocycles. The normalized spacial score (nSPS) is 12.9. The highest BCUT2D eigenvalue weighted by molar-refractivity contribution is 7.90. The fourth-order valence-electron chi connectivity index (χ4n) is 2.01. The van der Waals surface area contributed by atoms with E-state index in [1.807, 2.05) is 24.3 Å². The fourth-order valence-corrected chi connectivity index (χ4v) is 2.67. The smallest absolute Gasteiger partial charge is 0.175 e. The summed E-state index contributed by atoms with van der Waals surface area (Å²) in [6, 6.07) is 17.2. The molecule has 106 valence electrons. The third-order valence-electron chi connectivity index (χ3n) is 3.24. The Morgan fingerprint density at radius 2 is 1.75 bits per heavy atom. The highest BCUT2D eigenvalue weighted by Crippen LogP contribution is 2.18. The van der Waals surface area contributed by atoms with Gasteiger partial charge in [-0.3, -0.25) is 0 Å². The Hall–Kier alpha value is -1.81. The van der Waals surface area contributed by atoms with Crippen LogP contribution < -0.4 is 5.32 Å². The molecule has 0 bridgehead atoms. The summed E-state index contributed by atoms with van der Waals surface area (Å²) >= 11 is 0. The maximum Gasteiger partial charge on any atom is 0.175 e. The van der Waals surface area contributed by atoms with Crippen molar-refractivity contribution in [3.63, 3.8) is 0 Å². The third kappa shape index (κ3) is 3.84. The lowest BCUT2D eigenvalue weighted by Crippen LogP contribution is -2.10. The van der Waals surface area contributed by atoms with Crippen LogP contribution >= 0.6 is 0 Å². The average Bonchev–Trinajstić information content (AvgIpc) is 2.45. The topological polar surface area (TPSA) is 46.2 Å². The first-order chi connectivity index (χ1) is 9.47. The highest BCUT2D eigenvalue weighted by atomic mass is 32.2. The number of hydrogen-bond donors (Lipinski definition) is 1. The molecule has 0 aromatic heterocycles. The second-order valence-electron chi connectivity index (χ2n) is 4.99. The van der Waals surface area contributed by atoms with E-state index in [-0.39, 0.29) is 0 Å². The van der Waals surface area contributed by atoms with Gasteiger partial charge in [0.15, 0.2) is 9.84 Å². The molecule has 0 fully saturated rings. The van der Waals surface area contributed by atoms with Crippen molar-refractivity contribution in [1.29, 1.82) is 0 Å². The van der Waals surface area contributed by atoms with Crippen LogP contribution in [0.25, 0.3) is 0 Å². The number of benzene rings is 2. The molecule has 0 saturated carbocycles. The molecule has 0 aliphatic heterocycles. The lowest BCUT2D eigenvalue weighted by molar-refractivity contribution is 0.602. The summed E-state index contributed by atoms with van der Waals surface area (Å²) in [5, 5.41) is 3.29. The number of nitrogens with one attached hydrogen (secondary N) is 1. The summed E-state index contributed by atoms with van der Waals surface area (Å²) in [6.45, 7) is 2.90. The largest absolute Gasteiger partial charge is 0.384 e. The van der Waals surface area contributed by atoms with Gasteiger partial charge in [0.1, 0.15) is 0 Å². The van der Waals surface area contributed by atoms with Crippen LogP contribution in [0.2, 0.25) is 0 Å². The Morgan fingerprint density at radius 3 is 2.40 bits per heavy atom. The summed E-state index contributed by atoms with van der Waals surface area (Å²) in [7, 11) is -3.16. The molecule has 1 unspecified atom stereocenters. The van der Waals surface area contributed by atoms with Gasteiger partial charge in [-0.05, 0) is 29.7 Å². The molecule has 3 nitrogen and oxygen atoms in total. The van der Waals surface area contributed by atoms with Crippen LogP contribution in [0.15, 0.2) is 59.5 Å². The first kappa shape index (κ1) is 14.6. The van der Waals surface area contributed by atoms with Crippen LogP contribution in [-0.4, -0.2) is 21.2 Å². The standard InChI is InChI=1S/C16H19NO2S/c1-13(14-7-4-3-5-8-14)12-17-15-9-6-10-16(11-15)20(2,18)19/h3-11,13,17H,12H2,1-2H3. The lowest BCUT2D eigenvalue weighted by Gasteiger charge is -2.14. The molecular weight excluding hydrogens is 270 g/mol. The van der Waals surface area contributed by atoms with Crippen molar-refractivity contribution >= 4 is 15.5 Å². The van der Waals surface area contributed by atoms with E-state index in [2.05, 4.69) is 24.4 Å². The van der Waals surface area contributed by atoms with Gasteiger partial charge in [0.25, 0.3) is 0 Å². The zero-order chi connectivity index (χ0) is 14.6. The Balaban J connectivity index is 2.05. The lowest BCUT2D eigenvalue weighted by atomic mass is 10.0. The summed E-state index contributed by atoms with van der Waals surface area (Å²) in [6.07, 6.45) is 1.22. The van der Waals surface area contributed by atoms with Crippen LogP contribution in [0.4, 0.5) is 5.69 Å². The van der Waals surface area contributed by atoms with Crippen molar-refractivity contribution < 1.29 is 8.42 Å². The molecule has 0 spiro atoms. The molecule has 0 aliphatic carbocycles. The van der Waals surface area contributed by atoms with Gasteiger partial charge in [-0.15, -0.1) is 0 Å². The van der Waals surface area contributed by atoms with Crippen LogP contribution in [-0.2, 0) is 9.84 Å². The summed E-state index contributed by atoms with van der Waals surface area (Å²) in [5.41, 5.74) is 2.09.